The van der Waals surface area contributed by atoms with Crippen LogP contribution in [0.3, 0.4) is 0 Å². The second-order valence-corrected chi connectivity index (χ2v) is 7.51. The maximum Gasteiger partial charge on any atom is 0.416 e. The van der Waals surface area contributed by atoms with Gasteiger partial charge in [-0.3, -0.25) is 4.79 Å². The SMILES string of the molecule is COc1cccc(/C=C/C(=O)OC(C)C(=O)Nc2cc(C(F)(F)F)ccc2N2CCOCC2)c1. The summed E-state index contributed by atoms with van der Waals surface area (Å²) in [7, 11) is 1.52. The van der Waals surface area contributed by atoms with Gasteiger partial charge in [0.05, 0.1) is 37.3 Å². The van der Waals surface area contributed by atoms with Gasteiger partial charge in [0.1, 0.15) is 5.75 Å². The predicted molar refractivity (Wildman–Crippen MR) is 121 cm³/mol. The number of carbonyl (C=O) groups excluding carboxylic acids is 2. The minimum absolute atomic E-state index is 0.0171. The van der Waals surface area contributed by atoms with Crippen LogP contribution in [-0.2, 0) is 25.2 Å². The number of methoxy groups -OCH3 is 1. The van der Waals surface area contributed by atoms with Crippen LogP contribution in [0.5, 0.6) is 5.75 Å². The van der Waals surface area contributed by atoms with Crippen molar-refractivity contribution in [2.45, 2.75) is 19.2 Å². The van der Waals surface area contributed by atoms with Crippen molar-refractivity contribution in [3.8, 4) is 5.75 Å². The van der Waals surface area contributed by atoms with Gasteiger partial charge in [0.25, 0.3) is 5.91 Å². The van der Waals surface area contributed by atoms with Gasteiger partial charge in [-0.2, -0.15) is 13.2 Å². The number of amides is 1. The number of rotatable bonds is 7. The molecule has 0 aliphatic carbocycles. The van der Waals surface area contributed by atoms with Crippen LogP contribution in [0.25, 0.3) is 6.08 Å². The monoisotopic (exact) mass is 478 g/mol. The maximum atomic E-state index is 13.3. The fourth-order valence-corrected chi connectivity index (χ4v) is 3.30. The lowest BCUT2D eigenvalue weighted by Gasteiger charge is -2.31. The number of esters is 1. The molecular weight excluding hydrogens is 453 g/mol. The summed E-state index contributed by atoms with van der Waals surface area (Å²) >= 11 is 0. The molecule has 10 heteroatoms. The van der Waals surface area contributed by atoms with Gasteiger partial charge >= 0.3 is 12.1 Å². The van der Waals surface area contributed by atoms with Gasteiger partial charge in [-0.05, 0) is 48.9 Å². The third kappa shape index (κ3) is 6.74. The average molecular weight is 478 g/mol. The minimum atomic E-state index is -4.58. The van der Waals surface area contributed by atoms with Crippen molar-refractivity contribution in [1.29, 1.82) is 0 Å². The highest BCUT2D eigenvalue weighted by molar-refractivity contribution is 5.99. The molecule has 0 bridgehead atoms. The van der Waals surface area contributed by atoms with Crippen LogP contribution in [0.2, 0.25) is 0 Å². The van der Waals surface area contributed by atoms with E-state index < -0.39 is 29.7 Å². The number of morpholine rings is 1. The molecular formula is C24H25F3N2O5. The maximum absolute atomic E-state index is 13.3. The Balaban J connectivity index is 1.70. The molecule has 1 N–H and O–H groups in total. The summed E-state index contributed by atoms with van der Waals surface area (Å²) < 4.78 is 55.3. The molecule has 1 amide bonds. The van der Waals surface area contributed by atoms with Crippen molar-refractivity contribution < 1.29 is 37.0 Å². The molecule has 2 aromatic rings. The topological polar surface area (TPSA) is 77.1 Å². The summed E-state index contributed by atoms with van der Waals surface area (Å²) in [6.07, 6.45) is -3.16. The van der Waals surface area contributed by atoms with Gasteiger partial charge < -0.3 is 24.4 Å². The molecule has 34 heavy (non-hydrogen) atoms. The highest BCUT2D eigenvalue weighted by Crippen LogP contribution is 2.36. The molecule has 0 saturated carbocycles. The Bertz CT molecular complexity index is 1050. The molecule has 7 nitrogen and oxygen atoms in total. The van der Waals surface area contributed by atoms with Crippen LogP contribution in [0.1, 0.15) is 18.1 Å². The number of benzene rings is 2. The molecule has 0 aromatic heterocycles. The lowest BCUT2D eigenvalue weighted by molar-refractivity contribution is -0.148. The van der Waals surface area contributed by atoms with Crippen molar-refractivity contribution in [2.75, 3.05) is 43.6 Å². The number of halogens is 3. The molecule has 182 valence electrons. The molecule has 1 unspecified atom stereocenters. The van der Waals surface area contributed by atoms with E-state index in [4.69, 9.17) is 14.2 Å². The lowest BCUT2D eigenvalue weighted by atomic mass is 10.1. The second kappa shape index (κ2) is 11.1. The number of anilines is 2. The normalized spacial score (nSPS) is 15.1. The van der Waals surface area contributed by atoms with Crippen molar-refractivity contribution >= 4 is 29.3 Å². The molecule has 3 rings (SSSR count). The second-order valence-electron chi connectivity index (χ2n) is 7.51. The predicted octanol–water partition coefficient (Wildman–Crippen LogP) is 4.13. The van der Waals surface area contributed by atoms with E-state index in [1.54, 1.807) is 24.3 Å². The zero-order valence-electron chi connectivity index (χ0n) is 18.7. The van der Waals surface area contributed by atoms with E-state index in [2.05, 4.69) is 5.32 Å². The van der Waals surface area contributed by atoms with Crippen LogP contribution < -0.4 is 15.0 Å². The highest BCUT2D eigenvalue weighted by Gasteiger charge is 2.32. The van der Waals surface area contributed by atoms with Crippen molar-refractivity contribution in [2.24, 2.45) is 0 Å². The third-order valence-corrected chi connectivity index (χ3v) is 5.10. The van der Waals surface area contributed by atoms with E-state index in [9.17, 15) is 22.8 Å². The van der Waals surface area contributed by atoms with E-state index in [0.29, 0.717) is 43.3 Å². The summed E-state index contributed by atoms with van der Waals surface area (Å²) in [5.74, 6) is -0.916. The molecule has 2 aromatic carbocycles. The Labute approximate surface area is 195 Å². The molecule has 1 aliphatic rings. The molecule has 0 radical (unpaired) electrons. The molecule has 1 heterocycles. The van der Waals surface area contributed by atoms with Crippen molar-refractivity contribution in [1.82, 2.24) is 0 Å². The number of nitrogens with one attached hydrogen (secondary N) is 1. The number of hydrogen-bond acceptors (Lipinski definition) is 6. The molecule has 1 atom stereocenters. The molecule has 1 fully saturated rings. The highest BCUT2D eigenvalue weighted by atomic mass is 19.4. The first kappa shape index (κ1) is 25.1. The summed E-state index contributed by atoms with van der Waals surface area (Å²) in [5.41, 5.74) is 0.204. The van der Waals surface area contributed by atoms with Gasteiger partial charge in [0, 0.05) is 19.2 Å². The Kier molecular flexibility index (Phi) is 8.17. The summed E-state index contributed by atoms with van der Waals surface area (Å²) in [6.45, 7) is 3.11. The smallest absolute Gasteiger partial charge is 0.416 e. The van der Waals surface area contributed by atoms with Gasteiger partial charge in [0.15, 0.2) is 6.10 Å². The fourth-order valence-electron chi connectivity index (χ4n) is 3.30. The third-order valence-electron chi connectivity index (χ3n) is 5.10. The summed E-state index contributed by atoms with van der Waals surface area (Å²) in [5, 5.41) is 2.48. The Morgan fingerprint density at radius 3 is 2.56 bits per heavy atom. The first-order valence-corrected chi connectivity index (χ1v) is 10.5. The summed E-state index contributed by atoms with van der Waals surface area (Å²) in [4.78, 5) is 26.6. The van der Waals surface area contributed by atoms with E-state index >= 15 is 0 Å². The first-order chi connectivity index (χ1) is 16.2. The quantitative estimate of drug-likeness (QED) is 0.476. The summed E-state index contributed by atoms with van der Waals surface area (Å²) in [6, 6.07) is 10.1. The molecule has 0 spiro atoms. The van der Waals surface area contributed by atoms with Gasteiger partial charge in [-0.1, -0.05) is 12.1 Å². The van der Waals surface area contributed by atoms with Crippen LogP contribution in [0.4, 0.5) is 24.5 Å². The van der Waals surface area contributed by atoms with E-state index in [1.807, 2.05) is 4.90 Å². The van der Waals surface area contributed by atoms with Crippen molar-refractivity contribution in [3.63, 3.8) is 0 Å². The number of ether oxygens (including phenoxy) is 3. The molecule has 1 saturated heterocycles. The van der Waals surface area contributed by atoms with Crippen LogP contribution in [0, 0.1) is 0 Å². The number of hydrogen-bond donors (Lipinski definition) is 1. The lowest BCUT2D eigenvalue weighted by Crippen LogP contribution is -2.37. The number of alkyl halides is 3. The van der Waals surface area contributed by atoms with Gasteiger partial charge in [0.2, 0.25) is 0 Å². The Morgan fingerprint density at radius 2 is 1.88 bits per heavy atom. The number of nitrogens with zero attached hydrogens (tertiary/aromatic N) is 1. The van der Waals surface area contributed by atoms with Gasteiger partial charge in [-0.15, -0.1) is 0 Å². The first-order valence-electron chi connectivity index (χ1n) is 10.5. The van der Waals surface area contributed by atoms with Crippen LogP contribution in [0.15, 0.2) is 48.5 Å². The zero-order valence-corrected chi connectivity index (χ0v) is 18.7. The minimum Gasteiger partial charge on any atom is -0.497 e. The molecule has 1 aliphatic heterocycles. The average Bonchev–Trinajstić information content (AvgIpc) is 2.82. The van der Waals surface area contributed by atoms with Crippen LogP contribution >= 0.6 is 0 Å². The van der Waals surface area contributed by atoms with Gasteiger partial charge in [-0.25, -0.2) is 4.79 Å². The van der Waals surface area contributed by atoms with Crippen LogP contribution in [-0.4, -0.2) is 51.4 Å². The largest absolute Gasteiger partial charge is 0.497 e. The van der Waals surface area contributed by atoms with E-state index in [0.717, 1.165) is 18.2 Å². The Morgan fingerprint density at radius 1 is 1.15 bits per heavy atom. The van der Waals surface area contributed by atoms with Crippen molar-refractivity contribution in [3.05, 3.63) is 59.7 Å². The zero-order chi connectivity index (χ0) is 24.7. The number of carbonyl (C=O) groups is 2. The Hall–Kier alpha value is -3.53. The van der Waals surface area contributed by atoms with E-state index in [-0.39, 0.29) is 5.69 Å². The van der Waals surface area contributed by atoms with E-state index in [1.165, 1.54) is 26.2 Å². The standard InChI is InChI=1S/C24H25F3N2O5/c1-16(34-22(30)9-6-17-4-3-5-19(14-17)32-2)23(31)28-20-15-18(24(25,26)27)7-8-21(20)29-10-12-33-13-11-29/h3-9,14-16H,10-13H2,1-2H3,(H,28,31)/b9-6+. The fraction of sp³-hybridized carbons (Fsp3) is 0.333.